The van der Waals surface area contributed by atoms with Crippen LogP contribution in [0.1, 0.15) is 23.6 Å². The summed E-state index contributed by atoms with van der Waals surface area (Å²) >= 11 is 5.54. The number of methoxy groups -OCH3 is 1. The molecule has 1 N–H and O–H groups in total. The Kier molecular flexibility index (Phi) is 3.43. The molecule has 1 atom stereocenters. The first-order chi connectivity index (χ1) is 10.1. The van der Waals surface area contributed by atoms with E-state index in [2.05, 4.69) is 0 Å². The molecule has 1 heterocycles. The first kappa shape index (κ1) is 14.0. The molecular formula is C17H17NO2S. The Morgan fingerprint density at radius 3 is 2.67 bits per heavy atom. The van der Waals surface area contributed by atoms with Crippen molar-refractivity contribution in [3.63, 3.8) is 0 Å². The molecule has 0 bridgehead atoms. The monoisotopic (exact) mass is 299 g/mol. The lowest BCUT2D eigenvalue weighted by atomic mass is 9.93. The molecule has 0 radical (unpaired) electrons. The fourth-order valence-electron chi connectivity index (χ4n) is 2.94. The second kappa shape index (κ2) is 5.13. The highest BCUT2D eigenvalue weighted by molar-refractivity contribution is 7.80. The minimum Gasteiger partial charge on any atom is -0.497 e. The van der Waals surface area contributed by atoms with Crippen molar-refractivity contribution in [3.05, 3.63) is 65.2 Å². The number of rotatable bonds is 3. The Hall–Kier alpha value is -1.91. The maximum absolute atomic E-state index is 11.4. The Morgan fingerprint density at radius 1 is 1.19 bits per heavy atom. The number of hydrogen-bond donors (Lipinski definition) is 1. The molecule has 108 valence electrons. The van der Waals surface area contributed by atoms with Gasteiger partial charge in [0, 0.05) is 23.2 Å². The van der Waals surface area contributed by atoms with Crippen molar-refractivity contribution < 1.29 is 9.84 Å². The molecule has 0 spiro atoms. The number of benzene rings is 2. The molecule has 1 unspecified atom stereocenters. The molecule has 0 saturated heterocycles. The number of nitrogens with zero attached hydrogens (tertiary/aromatic N) is 1. The summed E-state index contributed by atoms with van der Waals surface area (Å²) in [5.41, 5.74) is 1.26. The molecule has 0 aliphatic carbocycles. The lowest BCUT2D eigenvalue weighted by Gasteiger charge is -2.35. The predicted octanol–water partition coefficient (Wildman–Crippen LogP) is 2.90. The SMILES string of the molecule is CCN1C(=S)c2ccccc2C1(O)c1cccc(OC)c1. The summed E-state index contributed by atoms with van der Waals surface area (Å²) in [7, 11) is 1.62. The first-order valence-corrected chi connectivity index (χ1v) is 7.32. The van der Waals surface area contributed by atoms with Gasteiger partial charge in [0.1, 0.15) is 10.7 Å². The van der Waals surface area contributed by atoms with Crippen molar-refractivity contribution >= 4 is 17.2 Å². The Morgan fingerprint density at radius 2 is 1.95 bits per heavy atom. The zero-order chi connectivity index (χ0) is 15.0. The Balaban J connectivity index is 2.24. The van der Waals surface area contributed by atoms with E-state index < -0.39 is 5.72 Å². The van der Waals surface area contributed by atoms with Crippen LogP contribution >= 0.6 is 12.2 Å². The summed E-state index contributed by atoms with van der Waals surface area (Å²) in [5.74, 6) is 0.715. The number of fused-ring (bicyclic) bond motifs is 1. The number of thiocarbonyl (C=S) groups is 1. The minimum absolute atomic E-state index is 0.626. The largest absolute Gasteiger partial charge is 0.497 e. The van der Waals surface area contributed by atoms with Crippen LogP contribution in [0.2, 0.25) is 0 Å². The van der Waals surface area contributed by atoms with Gasteiger partial charge in [0.05, 0.1) is 7.11 Å². The smallest absolute Gasteiger partial charge is 0.192 e. The van der Waals surface area contributed by atoms with Gasteiger partial charge in [-0.2, -0.15) is 0 Å². The van der Waals surface area contributed by atoms with Crippen LogP contribution in [0.5, 0.6) is 5.75 Å². The van der Waals surface area contributed by atoms with E-state index in [0.717, 1.165) is 16.7 Å². The zero-order valence-corrected chi connectivity index (χ0v) is 12.9. The normalized spacial score (nSPS) is 20.5. The van der Waals surface area contributed by atoms with Crippen molar-refractivity contribution in [3.8, 4) is 5.75 Å². The second-order valence-electron chi connectivity index (χ2n) is 5.00. The summed E-state index contributed by atoms with van der Waals surface area (Å²) < 4.78 is 5.28. The van der Waals surface area contributed by atoms with Gasteiger partial charge in [0.25, 0.3) is 0 Å². The summed E-state index contributed by atoms with van der Waals surface area (Å²) in [4.78, 5) is 2.53. The third kappa shape index (κ3) is 1.94. The van der Waals surface area contributed by atoms with Crippen LogP contribution in [0.4, 0.5) is 0 Å². The average molecular weight is 299 g/mol. The lowest BCUT2D eigenvalue weighted by Crippen LogP contribution is -2.44. The van der Waals surface area contributed by atoms with Crippen molar-refractivity contribution in [1.82, 2.24) is 4.90 Å². The maximum Gasteiger partial charge on any atom is 0.192 e. The highest BCUT2D eigenvalue weighted by atomic mass is 32.1. The van der Waals surface area contributed by atoms with E-state index in [4.69, 9.17) is 17.0 Å². The van der Waals surface area contributed by atoms with Gasteiger partial charge in [-0.1, -0.05) is 48.6 Å². The average Bonchev–Trinajstić information content (AvgIpc) is 2.76. The molecule has 1 aliphatic rings. The standard InChI is InChI=1S/C17H17NO2S/c1-3-18-16(21)14-9-4-5-10-15(14)17(18,19)12-7-6-8-13(11-12)20-2/h4-11,19H,3H2,1-2H3. The van der Waals surface area contributed by atoms with Crippen LogP contribution in [-0.2, 0) is 5.72 Å². The molecule has 2 aromatic carbocycles. The van der Waals surface area contributed by atoms with E-state index >= 15 is 0 Å². The van der Waals surface area contributed by atoms with Crippen LogP contribution in [-0.4, -0.2) is 28.6 Å². The van der Waals surface area contributed by atoms with Crippen LogP contribution in [0.25, 0.3) is 0 Å². The van der Waals surface area contributed by atoms with E-state index in [1.54, 1.807) is 7.11 Å². The number of aliphatic hydroxyl groups is 1. The van der Waals surface area contributed by atoms with Crippen molar-refractivity contribution in [2.45, 2.75) is 12.6 Å². The summed E-state index contributed by atoms with van der Waals surface area (Å²) in [6.07, 6.45) is 0. The minimum atomic E-state index is -1.24. The second-order valence-corrected chi connectivity index (χ2v) is 5.39. The molecule has 0 amide bonds. The summed E-state index contributed by atoms with van der Waals surface area (Å²) in [5, 5.41) is 11.4. The van der Waals surface area contributed by atoms with E-state index in [0.29, 0.717) is 17.3 Å². The summed E-state index contributed by atoms with van der Waals surface area (Å²) in [6.45, 7) is 2.62. The van der Waals surface area contributed by atoms with Crippen LogP contribution in [0.15, 0.2) is 48.5 Å². The van der Waals surface area contributed by atoms with Gasteiger partial charge < -0.3 is 14.7 Å². The molecule has 1 aliphatic heterocycles. The van der Waals surface area contributed by atoms with Gasteiger partial charge in [0.15, 0.2) is 5.72 Å². The predicted molar refractivity (Wildman–Crippen MR) is 86.5 cm³/mol. The van der Waals surface area contributed by atoms with Gasteiger partial charge in [-0.25, -0.2) is 0 Å². The third-order valence-corrected chi connectivity index (χ3v) is 4.40. The quantitative estimate of drug-likeness (QED) is 0.883. The van der Waals surface area contributed by atoms with Crippen LogP contribution in [0, 0.1) is 0 Å². The highest BCUT2D eigenvalue weighted by Crippen LogP contribution is 2.42. The fourth-order valence-corrected chi connectivity index (χ4v) is 3.37. The zero-order valence-electron chi connectivity index (χ0n) is 12.0. The lowest BCUT2D eigenvalue weighted by molar-refractivity contribution is -0.0259. The third-order valence-electron chi connectivity index (χ3n) is 3.96. The molecule has 0 aromatic heterocycles. The van der Waals surface area contributed by atoms with Gasteiger partial charge in [0.2, 0.25) is 0 Å². The molecule has 21 heavy (non-hydrogen) atoms. The van der Waals surface area contributed by atoms with Gasteiger partial charge in [-0.3, -0.25) is 0 Å². The van der Waals surface area contributed by atoms with Crippen LogP contribution < -0.4 is 4.74 Å². The number of hydrogen-bond acceptors (Lipinski definition) is 3. The van der Waals surface area contributed by atoms with Crippen molar-refractivity contribution in [1.29, 1.82) is 0 Å². The Bertz CT molecular complexity index is 701. The highest BCUT2D eigenvalue weighted by Gasteiger charge is 2.46. The van der Waals surface area contributed by atoms with Gasteiger partial charge >= 0.3 is 0 Å². The topological polar surface area (TPSA) is 32.7 Å². The molecule has 0 fully saturated rings. The first-order valence-electron chi connectivity index (χ1n) is 6.91. The molecule has 4 heteroatoms. The molecule has 0 saturated carbocycles. The van der Waals surface area contributed by atoms with Crippen molar-refractivity contribution in [2.24, 2.45) is 0 Å². The van der Waals surface area contributed by atoms with E-state index in [1.807, 2.05) is 60.4 Å². The molecule has 3 rings (SSSR count). The van der Waals surface area contributed by atoms with Gasteiger partial charge in [-0.05, 0) is 19.1 Å². The van der Waals surface area contributed by atoms with E-state index in [-0.39, 0.29) is 0 Å². The van der Waals surface area contributed by atoms with E-state index in [9.17, 15) is 5.11 Å². The van der Waals surface area contributed by atoms with Crippen molar-refractivity contribution in [2.75, 3.05) is 13.7 Å². The van der Waals surface area contributed by atoms with E-state index in [1.165, 1.54) is 0 Å². The summed E-state index contributed by atoms with van der Waals surface area (Å²) in [6, 6.07) is 15.2. The van der Waals surface area contributed by atoms with Crippen LogP contribution in [0.3, 0.4) is 0 Å². The molecular weight excluding hydrogens is 282 g/mol. The molecule has 2 aromatic rings. The maximum atomic E-state index is 11.4. The fraction of sp³-hybridized carbons (Fsp3) is 0.235. The van der Waals surface area contributed by atoms with Gasteiger partial charge in [-0.15, -0.1) is 0 Å². The number of ether oxygens (including phenoxy) is 1. The Labute approximate surface area is 129 Å². The molecule has 3 nitrogen and oxygen atoms in total.